The van der Waals surface area contributed by atoms with Gasteiger partial charge in [-0.1, -0.05) is 53.0 Å². The Morgan fingerprint density at radius 3 is 2.35 bits per heavy atom. The number of fused-ring (bicyclic) bond motifs is 1. The Labute approximate surface area is 214 Å². The van der Waals surface area contributed by atoms with Gasteiger partial charge in [0, 0.05) is 48.3 Å². The van der Waals surface area contributed by atoms with Crippen LogP contribution in [-0.2, 0) is 4.79 Å². The van der Waals surface area contributed by atoms with E-state index in [4.69, 9.17) is 44.5 Å². The Balaban J connectivity index is 1.29. The van der Waals surface area contributed by atoms with Crippen LogP contribution in [0.2, 0.25) is 15.1 Å². The molecule has 1 aromatic heterocycles. The molecule has 4 rings (SSSR count). The van der Waals surface area contributed by atoms with E-state index in [0.29, 0.717) is 11.1 Å². The molecule has 0 saturated heterocycles. The van der Waals surface area contributed by atoms with Crippen LogP contribution in [0.25, 0.3) is 10.9 Å². The zero-order chi connectivity index (χ0) is 24.2. The minimum absolute atomic E-state index is 0.104. The molecule has 0 atom stereocenters. The number of amides is 1. The summed E-state index contributed by atoms with van der Waals surface area (Å²) < 4.78 is 5.53. The average molecular weight is 522 g/mol. The van der Waals surface area contributed by atoms with Gasteiger partial charge >= 0.3 is 0 Å². The zero-order valence-corrected chi connectivity index (χ0v) is 21.3. The third-order valence-corrected chi connectivity index (χ3v) is 6.71. The molecule has 0 bridgehead atoms. The number of anilines is 2. The smallest absolute Gasteiger partial charge is 0.258 e. The highest BCUT2D eigenvalue weighted by molar-refractivity contribution is 6.40. The molecule has 0 unspecified atom stereocenters. The topological polar surface area (TPSA) is 66.5 Å². The largest absolute Gasteiger partial charge is 0.481 e. The molecule has 6 nitrogen and oxygen atoms in total. The fourth-order valence-corrected chi connectivity index (χ4v) is 5.19. The lowest BCUT2D eigenvalue weighted by Gasteiger charge is -2.30. The van der Waals surface area contributed by atoms with E-state index in [2.05, 4.69) is 27.7 Å². The normalized spacial score (nSPS) is 17.9. The van der Waals surface area contributed by atoms with Crippen LogP contribution in [0.15, 0.2) is 42.5 Å². The van der Waals surface area contributed by atoms with Gasteiger partial charge in [-0.2, -0.15) is 0 Å². The van der Waals surface area contributed by atoms with Crippen LogP contribution in [0.1, 0.15) is 25.7 Å². The van der Waals surface area contributed by atoms with Gasteiger partial charge in [0.25, 0.3) is 5.91 Å². The van der Waals surface area contributed by atoms with E-state index in [9.17, 15) is 4.79 Å². The molecular formula is C25H27Cl3N4O2. The van der Waals surface area contributed by atoms with Crippen LogP contribution < -0.4 is 20.3 Å². The zero-order valence-electron chi connectivity index (χ0n) is 19.1. The molecule has 1 fully saturated rings. The number of aromatic nitrogens is 1. The van der Waals surface area contributed by atoms with Crippen molar-refractivity contribution in [1.82, 2.24) is 10.3 Å². The van der Waals surface area contributed by atoms with Crippen molar-refractivity contribution in [3.05, 3.63) is 57.5 Å². The van der Waals surface area contributed by atoms with Gasteiger partial charge in [-0.05, 0) is 43.9 Å². The first-order valence-electron chi connectivity index (χ1n) is 11.2. The summed E-state index contributed by atoms with van der Waals surface area (Å²) in [5.74, 6) is 0.932. The van der Waals surface area contributed by atoms with Crippen LogP contribution >= 0.6 is 34.8 Å². The van der Waals surface area contributed by atoms with E-state index in [1.807, 2.05) is 32.3 Å². The number of carbonyl (C=O) groups excluding carboxylic acids is 1. The monoisotopic (exact) mass is 520 g/mol. The second-order valence-electron chi connectivity index (χ2n) is 8.69. The Morgan fingerprint density at radius 2 is 1.68 bits per heavy atom. The second kappa shape index (κ2) is 10.9. The summed E-state index contributed by atoms with van der Waals surface area (Å²) in [6.07, 6.45) is 3.62. The molecule has 0 aliphatic heterocycles. The minimum atomic E-state index is -0.203. The molecule has 0 spiro atoms. The number of pyridine rings is 1. The Morgan fingerprint density at radius 1 is 1.03 bits per heavy atom. The number of carbonyl (C=O) groups is 1. The lowest BCUT2D eigenvalue weighted by Crippen LogP contribution is -2.42. The third kappa shape index (κ3) is 5.98. The maximum Gasteiger partial charge on any atom is 0.258 e. The van der Waals surface area contributed by atoms with E-state index < -0.39 is 0 Å². The Bertz CT molecular complexity index is 1160. The van der Waals surface area contributed by atoms with Crippen molar-refractivity contribution in [3.8, 4) is 5.75 Å². The quantitative estimate of drug-likeness (QED) is 0.389. The maximum absolute atomic E-state index is 12.4. The minimum Gasteiger partial charge on any atom is -0.481 e. The van der Waals surface area contributed by atoms with Crippen LogP contribution in [-0.4, -0.2) is 43.7 Å². The van der Waals surface area contributed by atoms with Crippen molar-refractivity contribution < 1.29 is 9.53 Å². The average Bonchev–Trinajstić information content (AvgIpc) is 2.79. The second-order valence-corrected chi connectivity index (χ2v) is 9.94. The van der Waals surface area contributed by atoms with Crippen LogP contribution in [0.4, 0.5) is 11.5 Å². The van der Waals surface area contributed by atoms with E-state index >= 15 is 0 Å². The number of halogens is 3. The summed E-state index contributed by atoms with van der Waals surface area (Å²) in [6, 6.07) is 13.7. The van der Waals surface area contributed by atoms with Crippen LogP contribution in [0.3, 0.4) is 0 Å². The summed E-state index contributed by atoms with van der Waals surface area (Å²) in [6.45, 7) is -0.159. The highest BCUT2D eigenvalue weighted by Crippen LogP contribution is 2.36. The number of ether oxygens (including phenoxy) is 1. The molecule has 34 heavy (non-hydrogen) atoms. The van der Waals surface area contributed by atoms with Gasteiger partial charge in [-0.25, -0.2) is 4.98 Å². The number of hydrogen-bond donors (Lipinski definition) is 2. The van der Waals surface area contributed by atoms with Gasteiger partial charge in [-0.3, -0.25) is 4.79 Å². The van der Waals surface area contributed by atoms with Crippen molar-refractivity contribution >= 4 is 63.1 Å². The van der Waals surface area contributed by atoms with Gasteiger partial charge in [0.2, 0.25) is 0 Å². The molecule has 3 aromatic rings. The summed E-state index contributed by atoms with van der Waals surface area (Å²) in [7, 11) is 4.08. The first-order valence-corrected chi connectivity index (χ1v) is 12.3. The molecule has 1 saturated carbocycles. The first-order chi connectivity index (χ1) is 16.3. The van der Waals surface area contributed by atoms with Gasteiger partial charge in [0.05, 0.1) is 15.6 Å². The van der Waals surface area contributed by atoms with E-state index in [1.165, 1.54) is 12.1 Å². The lowest BCUT2D eigenvalue weighted by molar-refractivity contribution is -0.124. The van der Waals surface area contributed by atoms with Crippen molar-refractivity contribution in [2.75, 3.05) is 30.9 Å². The maximum atomic E-state index is 12.4. The molecular weight excluding hydrogens is 495 g/mol. The van der Waals surface area contributed by atoms with Crippen LogP contribution in [0.5, 0.6) is 5.75 Å². The van der Waals surface area contributed by atoms with Crippen molar-refractivity contribution in [3.63, 3.8) is 0 Å². The molecule has 1 aliphatic rings. The van der Waals surface area contributed by atoms with E-state index in [1.54, 1.807) is 0 Å². The van der Waals surface area contributed by atoms with Crippen molar-refractivity contribution in [1.29, 1.82) is 0 Å². The summed E-state index contributed by atoms with van der Waals surface area (Å²) in [4.78, 5) is 19.3. The van der Waals surface area contributed by atoms with Crippen LogP contribution in [0, 0.1) is 0 Å². The number of hydrogen-bond acceptors (Lipinski definition) is 5. The molecule has 1 heterocycles. The van der Waals surface area contributed by atoms with Gasteiger partial charge in [0.1, 0.15) is 5.82 Å². The molecule has 2 aromatic carbocycles. The highest BCUT2D eigenvalue weighted by Gasteiger charge is 2.23. The van der Waals surface area contributed by atoms with Crippen molar-refractivity contribution in [2.24, 2.45) is 0 Å². The predicted octanol–water partition coefficient (Wildman–Crippen LogP) is 6.18. The third-order valence-electron chi connectivity index (χ3n) is 5.93. The molecule has 2 N–H and O–H groups in total. The van der Waals surface area contributed by atoms with Gasteiger partial charge in [0.15, 0.2) is 12.4 Å². The highest BCUT2D eigenvalue weighted by atomic mass is 35.5. The summed E-state index contributed by atoms with van der Waals surface area (Å²) >= 11 is 18.1. The molecule has 9 heteroatoms. The summed E-state index contributed by atoms with van der Waals surface area (Å²) in [5.41, 5.74) is 2.10. The summed E-state index contributed by atoms with van der Waals surface area (Å²) in [5, 5.41) is 8.73. The number of benzene rings is 2. The Hall–Kier alpha value is -2.41. The SMILES string of the molecule is CN(C)c1cc(N[C@H]2CC[C@@H](NC(=O)COc3c(Cl)cc(Cl)cc3Cl)CC2)nc2ccccc12. The Kier molecular flexibility index (Phi) is 7.91. The fraction of sp³-hybridized carbons (Fsp3) is 0.360. The molecule has 1 aliphatic carbocycles. The number of rotatable bonds is 7. The predicted molar refractivity (Wildman–Crippen MR) is 141 cm³/mol. The molecule has 0 radical (unpaired) electrons. The molecule has 1 amide bonds. The first kappa shape index (κ1) is 24.7. The standard InChI is InChI=1S/C25H27Cl3N4O2/c1-32(2)22-13-23(31-21-6-4-3-5-18(21)22)29-16-7-9-17(10-8-16)30-24(33)14-34-25-19(27)11-15(26)12-20(25)28/h3-6,11-13,16-17H,7-10,14H2,1-2H3,(H,29,31)(H,30,33)/t16-,17+. The number of nitrogens with zero attached hydrogens (tertiary/aromatic N) is 2. The lowest BCUT2D eigenvalue weighted by atomic mass is 9.91. The van der Waals surface area contributed by atoms with Crippen molar-refractivity contribution in [2.45, 2.75) is 37.8 Å². The fourth-order valence-electron chi connectivity index (χ4n) is 4.27. The molecule has 180 valence electrons. The van der Waals surface area contributed by atoms with E-state index in [-0.39, 0.29) is 34.4 Å². The number of nitrogens with one attached hydrogen (secondary N) is 2. The van der Waals surface area contributed by atoms with E-state index in [0.717, 1.165) is 48.1 Å². The van der Waals surface area contributed by atoms with Gasteiger partial charge in [-0.15, -0.1) is 0 Å². The number of para-hydroxylation sites is 1. The van der Waals surface area contributed by atoms with Gasteiger partial charge < -0.3 is 20.3 Å².